The number of carbonyl (C=O) groups excluding carboxylic acids is 2. The number of anilines is 1. The standard InChI is InChI=1S/C27H24N2O4/c1-17-7-6-10-23(18(17)2)29-26(30)16-33-27(31)22-15-25(19-11-13-20(32-3)14-12-19)28-24-9-5-4-8-21(22)24/h4-15H,16H2,1-3H3,(H,29,30). The second kappa shape index (κ2) is 9.53. The average Bonchev–Trinajstić information content (AvgIpc) is 2.84. The molecule has 33 heavy (non-hydrogen) atoms. The largest absolute Gasteiger partial charge is 0.497 e. The Kier molecular flexibility index (Phi) is 6.36. The predicted molar refractivity (Wildman–Crippen MR) is 129 cm³/mol. The minimum Gasteiger partial charge on any atom is -0.497 e. The van der Waals surface area contributed by atoms with E-state index in [9.17, 15) is 9.59 Å². The normalized spacial score (nSPS) is 10.6. The number of hydrogen-bond acceptors (Lipinski definition) is 5. The first-order valence-electron chi connectivity index (χ1n) is 10.5. The molecule has 0 atom stereocenters. The van der Waals surface area contributed by atoms with Crippen LogP contribution < -0.4 is 10.1 Å². The molecule has 3 aromatic carbocycles. The smallest absolute Gasteiger partial charge is 0.339 e. The van der Waals surface area contributed by atoms with E-state index in [1.54, 1.807) is 13.2 Å². The van der Waals surface area contributed by atoms with Crippen molar-refractivity contribution in [1.29, 1.82) is 0 Å². The molecule has 0 unspecified atom stereocenters. The number of fused-ring (bicyclic) bond motifs is 1. The zero-order chi connectivity index (χ0) is 23.4. The zero-order valence-electron chi connectivity index (χ0n) is 18.7. The van der Waals surface area contributed by atoms with Gasteiger partial charge in [0.05, 0.1) is 23.9 Å². The van der Waals surface area contributed by atoms with Gasteiger partial charge in [-0.05, 0) is 67.4 Å². The summed E-state index contributed by atoms with van der Waals surface area (Å²) in [6.45, 7) is 3.52. The Hall–Kier alpha value is -4.19. The highest BCUT2D eigenvalue weighted by Crippen LogP contribution is 2.27. The van der Waals surface area contributed by atoms with Gasteiger partial charge in [-0.3, -0.25) is 4.79 Å². The van der Waals surface area contributed by atoms with Gasteiger partial charge in [-0.2, -0.15) is 0 Å². The van der Waals surface area contributed by atoms with Crippen LogP contribution >= 0.6 is 0 Å². The Labute approximate surface area is 192 Å². The molecule has 0 saturated carbocycles. The van der Waals surface area contributed by atoms with Crippen molar-refractivity contribution in [3.8, 4) is 17.0 Å². The molecule has 4 aromatic rings. The van der Waals surface area contributed by atoms with E-state index >= 15 is 0 Å². The van der Waals surface area contributed by atoms with Crippen molar-refractivity contribution in [3.63, 3.8) is 0 Å². The molecule has 0 aliphatic heterocycles. The van der Waals surface area contributed by atoms with Crippen molar-refractivity contribution < 1.29 is 19.1 Å². The molecule has 6 heteroatoms. The number of rotatable bonds is 6. The lowest BCUT2D eigenvalue weighted by atomic mass is 10.0. The molecule has 1 heterocycles. The lowest BCUT2D eigenvalue weighted by molar-refractivity contribution is -0.119. The number of para-hydroxylation sites is 1. The Morgan fingerprint density at radius 1 is 0.939 bits per heavy atom. The summed E-state index contributed by atoms with van der Waals surface area (Å²) in [5, 5.41) is 3.46. The summed E-state index contributed by atoms with van der Waals surface area (Å²) in [6.07, 6.45) is 0. The lowest BCUT2D eigenvalue weighted by Crippen LogP contribution is -2.21. The van der Waals surface area contributed by atoms with Crippen molar-refractivity contribution in [2.45, 2.75) is 13.8 Å². The van der Waals surface area contributed by atoms with Gasteiger partial charge in [-0.15, -0.1) is 0 Å². The molecular formula is C27H24N2O4. The summed E-state index contributed by atoms with van der Waals surface area (Å²) in [7, 11) is 1.60. The van der Waals surface area contributed by atoms with Gasteiger partial charge < -0.3 is 14.8 Å². The number of aromatic nitrogens is 1. The van der Waals surface area contributed by atoms with Crippen molar-refractivity contribution in [2.24, 2.45) is 0 Å². The SMILES string of the molecule is COc1ccc(-c2cc(C(=O)OCC(=O)Nc3cccc(C)c3C)c3ccccc3n2)cc1. The van der Waals surface area contributed by atoms with Crippen molar-refractivity contribution >= 4 is 28.5 Å². The lowest BCUT2D eigenvalue weighted by Gasteiger charge is -2.12. The van der Waals surface area contributed by atoms with Gasteiger partial charge in [0.1, 0.15) is 5.75 Å². The first kappa shape index (κ1) is 22.0. The molecule has 1 aromatic heterocycles. The van der Waals surface area contributed by atoms with Crippen molar-refractivity contribution in [2.75, 3.05) is 19.0 Å². The van der Waals surface area contributed by atoms with Gasteiger partial charge in [0.2, 0.25) is 0 Å². The summed E-state index contributed by atoms with van der Waals surface area (Å²) in [6, 6.07) is 22.1. The number of esters is 1. The predicted octanol–water partition coefficient (Wildman–Crippen LogP) is 5.32. The van der Waals surface area contributed by atoms with Crippen molar-refractivity contribution in [3.05, 3.63) is 89.5 Å². The number of ether oxygens (including phenoxy) is 2. The van der Waals surface area contributed by atoms with Crippen LogP contribution in [0.25, 0.3) is 22.2 Å². The number of hydrogen-bond donors (Lipinski definition) is 1. The van der Waals surface area contributed by atoms with Crippen LogP contribution in [-0.2, 0) is 9.53 Å². The fraction of sp³-hybridized carbons (Fsp3) is 0.148. The molecule has 0 radical (unpaired) electrons. The maximum absolute atomic E-state index is 13.0. The number of amides is 1. The Bertz CT molecular complexity index is 1330. The third-order valence-electron chi connectivity index (χ3n) is 5.53. The maximum atomic E-state index is 13.0. The summed E-state index contributed by atoms with van der Waals surface area (Å²) in [4.78, 5) is 30.1. The van der Waals surface area contributed by atoms with Crippen LogP contribution in [-0.4, -0.2) is 30.6 Å². The van der Waals surface area contributed by atoms with Crippen LogP contribution in [0, 0.1) is 13.8 Å². The minimum absolute atomic E-state index is 0.353. The van der Waals surface area contributed by atoms with Gasteiger partial charge in [0.25, 0.3) is 5.91 Å². The Morgan fingerprint density at radius 2 is 1.70 bits per heavy atom. The third-order valence-corrected chi connectivity index (χ3v) is 5.53. The van der Waals surface area contributed by atoms with E-state index in [4.69, 9.17) is 9.47 Å². The molecule has 0 aliphatic rings. The van der Waals surface area contributed by atoms with E-state index < -0.39 is 11.9 Å². The minimum atomic E-state index is -0.584. The van der Waals surface area contributed by atoms with E-state index in [1.165, 1.54) is 0 Å². The number of nitrogens with zero attached hydrogens (tertiary/aromatic N) is 1. The molecule has 166 valence electrons. The first-order chi connectivity index (χ1) is 16.0. The van der Waals surface area contributed by atoms with Gasteiger partial charge in [0.15, 0.2) is 6.61 Å². The van der Waals surface area contributed by atoms with Crippen LogP contribution in [0.4, 0.5) is 5.69 Å². The van der Waals surface area contributed by atoms with Crippen LogP contribution in [0.5, 0.6) is 5.75 Å². The van der Waals surface area contributed by atoms with Crippen LogP contribution in [0.15, 0.2) is 72.8 Å². The van der Waals surface area contributed by atoms with Crippen LogP contribution in [0.2, 0.25) is 0 Å². The number of nitrogens with one attached hydrogen (secondary N) is 1. The number of pyridine rings is 1. The van der Waals surface area contributed by atoms with Gasteiger partial charge >= 0.3 is 5.97 Å². The van der Waals surface area contributed by atoms with Crippen LogP contribution in [0.3, 0.4) is 0 Å². The number of carbonyl (C=O) groups is 2. The highest BCUT2D eigenvalue weighted by atomic mass is 16.5. The fourth-order valence-electron chi connectivity index (χ4n) is 3.54. The molecule has 0 saturated heterocycles. The van der Waals surface area contributed by atoms with Gasteiger partial charge in [-0.25, -0.2) is 9.78 Å². The molecule has 6 nitrogen and oxygen atoms in total. The summed E-state index contributed by atoms with van der Waals surface area (Å²) in [5.41, 5.74) is 5.22. The number of methoxy groups -OCH3 is 1. The number of aryl methyl sites for hydroxylation is 1. The van der Waals surface area contributed by atoms with E-state index in [0.29, 0.717) is 27.8 Å². The summed E-state index contributed by atoms with van der Waals surface area (Å²) < 4.78 is 10.6. The molecule has 0 bridgehead atoms. The van der Waals surface area contributed by atoms with E-state index in [2.05, 4.69) is 10.3 Å². The summed E-state index contributed by atoms with van der Waals surface area (Å²) >= 11 is 0. The fourth-order valence-corrected chi connectivity index (χ4v) is 3.54. The zero-order valence-corrected chi connectivity index (χ0v) is 18.7. The maximum Gasteiger partial charge on any atom is 0.339 e. The molecule has 4 rings (SSSR count). The van der Waals surface area contributed by atoms with Gasteiger partial charge in [0, 0.05) is 16.6 Å². The second-order valence-electron chi connectivity index (χ2n) is 7.67. The Morgan fingerprint density at radius 3 is 2.45 bits per heavy atom. The molecule has 1 N–H and O–H groups in total. The first-order valence-corrected chi connectivity index (χ1v) is 10.5. The Balaban J connectivity index is 1.56. The quantitative estimate of drug-likeness (QED) is 0.411. The molecule has 1 amide bonds. The monoisotopic (exact) mass is 440 g/mol. The van der Waals surface area contributed by atoms with Gasteiger partial charge in [-0.1, -0.05) is 30.3 Å². The highest BCUT2D eigenvalue weighted by Gasteiger charge is 2.17. The van der Waals surface area contributed by atoms with Crippen molar-refractivity contribution in [1.82, 2.24) is 4.98 Å². The highest BCUT2D eigenvalue weighted by molar-refractivity contribution is 6.05. The molecule has 0 spiro atoms. The van der Waals surface area contributed by atoms with E-state index in [1.807, 2.05) is 80.6 Å². The second-order valence-corrected chi connectivity index (χ2v) is 7.67. The van der Waals surface area contributed by atoms with E-state index in [0.717, 1.165) is 22.4 Å². The average molecular weight is 440 g/mol. The molecule has 0 aliphatic carbocycles. The molecule has 0 fully saturated rings. The molecular weight excluding hydrogens is 416 g/mol. The van der Waals surface area contributed by atoms with Crippen LogP contribution in [0.1, 0.15) is 21.5 Å². The topological polar surface area (TPSA) is 77.5 Å². The van der Waals surface area contributed by atoms with E-state index in [-0.39, 0.29) is 6.61 Å². The summed E-state index contributed by atoms with van der Waals surface area (Å²) in [5.74, 6) is -0.251. The third kappa shape index (κ3) is 4.85. The number of benzene rings is 3.